The van der Waals surface area contributed by atoms with Crippen LogP contribution in [0.1, 0.15) is 46.5 Å². The van der Waals surface area contributed by atoms with Crippen LogP contribution in [-0.4, -0.2) is 38.1 Å². The minimum absolute atomic E-state index is 0.508. The van der Waals surface area contributed by atoms with Gasteiger partial charge in [-0.25, -0.2) is 0 Å². The summed E-state index contributed by atoms with van der Waals surface area (Å²) in [4.78, 5) is 2.54. The Balaban J connectivity index is 2.31. The molecule has 0 aromatic carbocycles. The lowest BCUT2D eigenvalue weighted by Gasteiger charge is -2.40. The zero-order chi connectivity index (χ0) is 12.2. The molecule has 1 saturated carbocycles. The third kappa shape index (κ3) is 4.06. The van der Waals surface area contributed by atoms with Crippen LogP contribution in [0.2, 0.25) is 0 Å². The van der Waals surface area contributed by atoms with Gasteiger partial charge in [0.2, 0.25) is 0 Å². The zero-order valence-electron chi connectivity index (χ0n) is 11.8. The number of likely N-dealkylation sites (N-methyl/N-ethyl adjacent to an activating group) is 2. The molecule has 0 unspecified atom stereocenters. The molecule has 1 N–H and O–H groups in total. The summed E-state index contributed by atoms with van der Waals surface area (Å²) >= 11 is 0. The van der Waals surface area contributed by atoms with Crippen LogP contribution >= 0.6 is 0 Å². The Labute approximate surface area is 102 Å². The van der Waals surface area contributed by atoms with Crippen LogP contribution in [0.15, 0.2) is 0 Å². The summed E-state index contributed by atoms with van der Waals surface area (Å²) in [6, 6.07) is 0.826. The molecule has 0 bridgehead atoms. The molecular formula is C14H30N2. The van der Waals surface area contributed by atoms with Crippen LogP contribution in [0, 0.1) is 11.3 Å². The molecular weight excluding hydrogens is 196 g/mol. The van der Waals surface area contributed by atoms with Crippen molar-refractivity contribution >= 4 is 0 Å². The zero-order valence-corrected chi connectivity index (χ0v) is 11.8. The Morgan fingerprint density at radius 1 is 1.12 bits per heavy atom. The van der Waals surface area contributed by atoms with Crippen molar-refractivity contribution < 1.29 is 0 Å². The second-order valence-corrected chi connectivity index (χ2v) is 6.46. The summed E-state index contributed by atoms with van der Waals surface area (Å²) in [5.41, 5.74) is 0.508. The molecule has 96 valence electrons. The van der Waals surface area contributed by atoms with Crippen molar-refractivity contribution in [3.05, 3.63) is 0 Å². The van der Waals surface area contributed by atoms with Gasteiger partial charge in [0.15, 0.2) is 0 Å². The highest BCUT2D eigenvalue weighted by atomic mass is 15.1. The predicted molar refractivity (Wildman–Crippen MR) is 71.8 cm³/mol. The topological polar surface area (TPSA) is 15.3 Å². The highest BCUT2D eigenvalue weighted by molar-refractivity contribution is 4.83. The molecule has 1 aliphatic rings. The van der Waals surface area contributed by atoms with Crippen molar-refractivity contribution in [2.24, 2.45) is 11.3 Å². The Morgan fingerprint density at radius 3 is 2.12 bits per heavy atom. The Bertz CT molecular complexity index is 187. The first-order valence-corrected chi connectivity index (χ1v) is 6.80. The van der Waals surface area contributed by atoms with Crippen molar-refractivity contribution in [2.45, 2.75) is 52.5 Å². The standard InChI is InChI=1S/C14H30N2/c1-14(2,3)12-6-8-13(9-7-12)16(5)11-10-15-4/h12-13,15H,6-11H2,1-5H3. The Morgan fingerprint density at radius 2 is 1.69 bits per heavy atom. The molecule has 2 heteroatoms. The van der Waals surface area contributed by atoms with Crippen molar-refractivity contribution in [2.75, 3.05) is 27.2 Å². The average Bonchev–Trinajstić information content (AvgIpc) is 2.25. The van der Waals surface area contributed by atoms with E-state index in [1.54, 1.807) is 0 Å². The third-order valence-electron chi connectivity index (χ3n) is 4.26. The normalized spacial score (nSPS) is 27.4. The molecule has 0 aromatic rings. The molecule has 0 aliphatic heterocycles. The van der Waals surface area contributed by atoms with E-state index in [4.69, 9.17) is 0 Å². The second-order valence-electron chi connectivity index (χ2n) is 6.46. The largest absolute Gasteiger partial charge is 0.318 e. The van der Waals surface area contributed by atoms with Crippen molar-refractivity contribution in [3.8, 4) is 0 Å². The van der Waals surface area contributed by atoms with Crippen LogP contribution in [0.25, 0.3) is 0 Å². The molecule has 16 heavy (non-hydrogen) atoms. The van der Waals surface area contributed by atoms with E-state index in [-0.39, 0.29) is 0 Å². The minimum atomic E-state index is 0.508. The minimum Gasteiger partial charge on any atom is -0.318 e. The number of hydrogen-bond acceptors (Lipinski definition) is 2. The van der Waals surface area contributed by atoms with Gasteiger partial charge in [-0.3, -0.25) is 0 Å². The first-order valence-electron chi connectivity index (χ1n) is 6.80. The SMILES string of the molecule is CNCCN(C)C1CCC(C(C)(C)C)CC1. The molecule has 2 nitrogen and oxygen atoms in total. The summed E-state index contributed by atoms with van der Waals surface area (Å²) in [6.07, 6.45) is 5.61. The number of nitrogens with one attached hydrogen (secondary N) is 1. The quantitative estimate of drug-likeness (QED) is 0.793. The van der Waals surface area contributed by atoms with Gasteiger partial charge >= 0.3 is 0 Å². The number of nitrogens with zero attached hydrogens (tertiary/aromatic N) is 1. The molecule has 0 aromatic heterocycles. The van der Waals surface area contributed by atoms with Gasteiger partial charge in [-0.2, -0.15) is 0 Å². The summed E-state index contributed by atoms with van der Waals surface area (Å²) in [6.45, 7) is 9.46. The summed E-state index contributed by atoms with van der Waals surface area (Å²) in [7, 11) is 4.31. The van der Waals surface area contributed by atoms with Gasteiger partial charge in [-0.15, -0.1) is 0 Å². The van der Waals surface area contributed by atoms with Crippen LogP contribution in [0.3, 0.4) is 0 Å². The van der Waals surface area contributed by atoms with Gasteiger partial charge in [0.05, 0.1) is 0 Å². The smallest absolute Gasteiger partial charge is 0.0107 e. The molecule has 0 spiro atoms. The monoisotopic (exact) mass is 226 g/mol. The van der Waals surface area contributed by atoms with Gasteiger partial charge in [-0.05, 0) is 51.1 Å². The van der Waals surface area contributed by atoms with E-state index in [1.165, 1.54) is 32.2 Å². The van der Waals surface area contributed by atoms with Gasteiger partial charge in [0.1, 0.15) is 0 Å². The van der Waals surface area contributed by atoms with Crippen LogP contribution in [0.5, 0.6) is 0 Å². The molecule has 0 amide bonds. The van der Waals surface area contributed by atoms with E-state index in [2.05, 4.69) is 38.0 Å². The van der Waals surface area contributed by atoms with Gasteiger partial charge in [-0.1, -0.05) is 20.8 Å². The van der Waals surface area contributed by atoms with Gasteiger partial charge in [0.25, 0.3) is 0 Å². The third-order valence-corrected chi connectivity index (χ3v) is 4.26. The van der Waals surface area contributed by atoms with Crippen molar-refractivity contribution in [3.63, 3.8) is 0 Å². The summed E-state index contributed by atoms with van der Waals surface area (Å²) in [5, 5.41) is 3.23. The molecule has 0 radical (unpaired) electrons. The lowest BCUT2D eigenvalue weighted by molar-refractivity contribution is 0.112. The van der Waals surface area contributed by atoms with Crippen LogP contribution < -0.4 is 5.32 Å². The molecule has 0 atom stereocenters. The number of rotatable bonds is 4. The molecule has 1 rings (SSSR count). The predicted octanol–water partition coefficient (Wildman–Crippen LogP) is 2.74. The molecule has 0 saturated heterocycles. The number of hydrogen-bond donors (Lipinski definition) is 1. The summed E-state index contributed by atoms with van der Waals surface area (Å²) < 4.78 is 0. The fourth-order valence-corrected chi connectivity index (χ4v) is 2.85. The van der Waals surface area contributed by atoms with Gasteiger partial charge < -0.3 is 10.2 Å². The first-order chi connectivity index (χ1) is 7.45. The molecule has 0 heterocycles. The summed E-state index contributed by atoms with van der Waals surface area (Å²) in [5.74, 6) is 0.932. The Kier molecular flexibility index (Phi) is 5.26. The maximum Gasteiger partial charge on any atom is 0.0107 e. The first kappa shape index (κ1) is 14.0. The fraction of sp³-hybridized carbons (Fsp3) is 1.00. The van der Waals surface area contributed by atoms with E-state index in [0.29, 0.717) is 5.41 Å². The fourth-order valence-electron chi connectivity index (χ4n) is 2.85. The van der Waals surface area contributed by atoms with E-state index in [9.17, 15) is 0 Å². The van der Waals surface area contributed by atoms with Gasteiger partial charge in [0, 0.05) is 19.1 Å². The Hall–Kier alpha value is -0.0800. The van der Waals surface area contributed by atoms with Crippen LogP contribution in [0.4, 0.5) is 0 Å². The van der Waals surface area contributed by atoms with E-state index >= 15 is 0 Å². The second kappa shape index (κ2) is 6.02. The molecule has 1 fully saturated rings. The maximum absolute atomic E-state index is 3.23. The molecule has 1 aliphatic carbocycles. The van der Waals surface area contributed by atoms with Crippen molar-refractivity contribution in [1.29, 1.82) is 0 Å². The lowest BCUT2D eigenvalue weighted by Crippen LogP contribution is -2.40. The highest BCUT2D eigenvalue weighted by Gasteiger charge is 2.30. The van der Waals surface area contributed by atoms with E-state index in [0.717, 1.165) is 18.5 Å². The van der Waals surface area contributed by atoms with E-state index < -0.39 is 0 Å². The lowest BCUT2D eigenvalue weighted by atomic mass is 9.71. The average molecular weight is 226 g/mol. The van der Waals surface area contributed by atoms with Crippen LogP contribution in [-0.2, 0) is 0 Å². The van der Waals surface area contributed by atoms with E-state index in [1.807, 2.05) is 7.05 Å². The maximum atomic E-state index is 3.23. The highest BCUT2D eigenvalue weighted by Crippen LogP contribution is 2.38. The van der Waals surface area contributed by atoms with Crippen molar-refractivity contribution in [1.82, 2.24) is 10.2 Å².